The van der Waals surface area contributed by atoms with Crippen molar-refractivity contribution in [3.63, 3.8) is 0 Å². The van der Waals surface area contributed by atoms with E-state index in [0.717, 1.165) is 12.8 Å². The van der Waals surface area contributed by atoms with Crippen LogP contribution in [0.2, 0.25) is 0 Å². The Balaban J connectivity index is 2.04. The molecule has 5 nitrogen and oxygen atoms in total. The summed E-state index contributed by atoms with van der Waals surface area (Å²) in [5, 5.41) is 9.50. The number of hydrogen-bond donors (Lipinski definition) is 1. The number of ether oxygens (including phenoxy) is 1. The van der Waals surface area contributed by atoms with Crippen molar-refractivity contribution < 1.29 is 23.8 Å². The van der Waals surface area contributed by atoms with Crippen molar-refractivity contribution in [1.82, 2.24) is 4.90 Å². The summed E-state index contributed by atoms with van der Waals surface area (Å²) >= 11 is 0. The van der Waals surface area contributed by atoms with E-state index < -0.39 is 28.9 Å². The van der Waals surface area contributed by atoms with Crippen LogP contribution in [0.1, 0.15) is 28.8 Å². The monoisotopic (exact) mass is 279 g/mol. The summed E-state index contributed by atoms with van der Waals surface area (Å²) in [6, 6.07) is 2.59. The van der Waals surface area contributed by atoms with Crippen LogP contribution in [0.25, 0.3) is 0 Å². The van der Waals surface area contributed by atoms with Crippen molar-refractivity contribution in [2.75, 3.05) is 20.2 Å². The minimum atomic E-state index is -0.717. The van der Waals surface area contributed by atoms with Crippen LogP contribution in [0.15, 0.2) is 12.1 Å². The van der Waals surface area contributed by atoms with E-state index in [2.05, 4.69) is 4.74 Å². The lowest BCUT2D eigenvalue weighted by molar-refractivity contribution is -0.141. The van der Waals surface area contributed by atoms with Gasteiger partial charge in [-0.3, -0.25) is 9.59 Å². The SMILES string of the molecule is COC(=O)CN1CC2(CC2)c2c(ccc(O)c2F)C1=O. The van der Waals surface area contributed by atoms with Gasteiger partial charge in [0.2, 0.25) is 0 Å². The summed E-state index contributed by atoms with van der Waals surface area (Å²) in [6.45, 7) is 0.146. The standard InChI is InChI=1S/C14H14FNO4/c1-20-10(18)6-16-7-14(4-5-14)11-8(13(16)19)2-3-9(17)12(11)15/h2-3,17H,4-7H2,1H3. The van der Waals surface area contributed by atoms with Crippen molar-refractivity contribution in [3.05, 3.63) is 29.1 Å². The van der Waals surface area contributed by atoms with Gasteiger partial charge in [-0.1, -0.05) is 0 Å². The number of rotatable bonds is 2. The number of aromatic hydroxyl groups is 1. The van der Waals surface area contributed by atoms with Gasteiger partial charge in [-0.05, 0) is 25.0 Å². The Morgan fingerprint density at radius 1 is 1.50 bits per heavy atom. The zero-order valence-corrected chi connectivity index (χ0v) is 11.0. The molecule has 20 heavy (non-hydrogen) atoms. The van der Waals surface area contributed by atoms with Crippen molar-refractivity contribution >= 4 is 11.9 Å². The summed E-state index contributed by atoms with van der Waals surface area (Å²) in [6.07, 6.45) is 1.48. The third-order valence-electron chi connectivity index (χ3n) is 4.06. The summed E-state index contributed by atoms with van der Waals surface area (Å²) in [5.41, 5.74) is 0.0664. The molecule has 0 unspecified atom stereocenters. The van der Waals surface area contributed by atoms with Crippen LogP contribution in [0, 0.1) is 5.82 Å². The molecule has 1 aliphatic carbocycles. The second-order valence-electron chi connectivity index (χ2n) is 5.34. The smallest absolute Gasteiger partial charge is 0.325 e. The number of nitrogens with zero attached hydrogens (tertiary/aromatic N) is 1. The highest BCUT2D eigenvalue weighted by atomic mass is 19.1. The van der Waals surface area contributed by atoms with Gasteiger partial charge in [-0.15, -0.1) is 0 Å². The van der Waals surface area contributed by atoms with Gasteiger partial charge in [0.1, 0.15) is 6.54 Å². The lowest BCUT2D eigenvalue weighted by Gasteiger charge is -2.34. The molecular formula is C14H14FNO4. The van der Waals surface area contributed by atoms with E-state index in [1.165, 1.54) is 24.1 Å². The molecule has 0 bridgehead atoms. The molecule has 1 fully saturated rings. The average Bonchev–Trinajstić information content (AvgIpc) is 3.19. The number of methoxy groups -OCH3 is 1. The van der Waals surface area contributed by atoms with Crippen LogP contribution in [0.3, 0.4) is 0 Å². The van der Waals surface area contributed by atoms with Crippen molar-refractivity contribution in [2.45, 2.75) is 18.3 Å². The molecule has 1 heterocycles. The molecule has 1 N–H and O–H groups in total. The second-order valence-corrected chi connectivity index (χ2v) is 5.34. The minimum Gasteiger partial charge on any atom is -0.505 e. The van der Waals surface area contributed by atoms with E-state index in [0.29, 0.717) is 5.56 Å². The summed E-state index contributed by atoms with van der Waals surface area (Å²) in [5.74, 6) is -2.06. The van der Waals surface area contributed by atoms with Gasteiger partial charge in [0, 0.05) is 23.1 Å². The number of hydrogen-bond acceptors (Lipinski definition) is 4. The Hall–Kier alpha value is -2.11. The van der Waals surface area contributed by atoms with E-state index in [1.54, 1.807) is 0 Å². The van der Waals surface area contributed by atoms with Gasteiger partial charge < -0.3 is 14.7 Å². The van der Waals surface area contributed by atoms with Gasteiger partial charge in [0.25, 0.3) is 5.91 Å². The molecule has 0 atom stereocenters. The molecule has 106 valence electrons. The largest absolute Gasteiger partial charge is 0.505 e. The number of carbonyl (C=O) groups excluding carboxylic acids is 2. The summed E-state index contributed by atoms with van der Waals surface area (Å²) in [4.78, 5) is 25.1. The Morgan fingerprint density at radius 3 is 2.80 bits per heavy atom. The highest BCUT2D eigenvalue weighted by molar-refractivity contribution is 5.99. The lowest BCUT2D eigenvalue weighted by atomic mass is 9.85. The Kier molecular flexibility index (Phi) is 2.70. The quantitative estimate of drug-likeness (QED) is 0.826. The van der Waals surface area contributed by atoms with Gasteiger partial charge in [0.05, 0.1) is 7.11 Å². The van der Waals surface area contributed by atoms with Crippen LogP contribution in [-0.4, -0.2) is 42.1 Å². The molecule has 0 aromatic heterocycles. The molecule has 1 aromatic rings. The number of fused-ring (bicyclic) bond motifs is 2. The zero-order chi connectivity index (χ0) is 14.5. The fraction of sp³-hybridized carbons (Fsp3) is 0.429. The fourth-order valence-corrected chi connectivity index (χ4v) is 2.86. The number of esters is 1. The van der Waals surface area contributed by atoms with Crippen molar-refractivity contribution in [3.8, 4) is 5.75 Å². The molecule has 6 heteroatoms. The molecule has 1 aromatic carbocycles. The average molecular weight is 279 g/mol. The number of phenols is 1. The molecule has 1 aliphatic heterocycles. The number of amides is 1. The number of phenolic OH excluding ortho intramolecular Hbond substituents is 1. The number of benzene rings is 1. The highest BCUT2D eigenvalue weighted by Crippen LogP contribution is 2.54. The van der Waals surface area contributed by atoms with E-state index >= 15 is 0 Å². The Morgan fingerprint density at radius 2 is 2.20 bits per heavy atom. The summed E-state index contributed by atoms with van der Waals surface area (Å²) in [7, 11) is 1.26. The third kappa shape index (κ3) is 1.75. The second kappa shape index (κ2) is 4.19. The van der Waals surface area contributed by atoms with Crippen molar-refractivity contribution in [2.24, 2.45) is 0 Å². The van der Waals surface area contributed by atoms with Gasteiger partial charge in [-0.25, -0.2) is 4.39 Å². The molecule has 1 amide bonds. The number of halogens is 1. The van der Waals surface area contributed by atoms with E-state index in [1.807, 2.05) is 0 Å². The normalized spacial score (nSPS) is 18.9. The highest BCUT2D eigenvalue weighted by Gasteiger charge is 2.53. The predicted molar refractivity (Wildman–Crippen MR) is 66.9 cm³/mol. The van der Waals surface area contributed by atoms with Gasteiger partial charge >= 0.3 is 5.97 Å². The first-order valence-electron chi connectivity index (χ1n) is 6.36. The van der Waals surface area contributed by atoms with Gasteiger partial charge in [-0.2, -0.15) is 0 Å². The number of carbonyl (C=O) groups is 2. The van der Waals surface area contributed by atoms with Crippen LogP contribution in [0.4, 0.5) is 4.39 Å². The first kappa shape index (κ1) is 12.9. The first-order chi connectivity index (χ1) is 9.48. The maximum Gasteiger partial charge on any atom is 0.325 e. The predicted octanol–water partition coefficient (Wildman–Crippen LogP) is 1.19. The van der Waals surface area contributed by atoms with Crippen LogP contribution >= 0.6 is 0 Å². The molecule has 0 radical (unpaired) electrons. The maximum atomic E-state index is 14.1. The van der Waals surface area contributed by atoms with Crippen LogP contribution in [0.5, 0.6) is 5.75 Å². The molecule has 1 saturated carbocycles. The molecule has 2 aliphatic rings. The first-order valence-corrected chi connectivity index (χ1v) is 6.36. The lowest BCUT2D eigenvalue weighted by Crippen LogP contribution is -2.46. The van der Waals surface area contributed by atoms with E-state index in [9.17, 15) is 19.1 Å². The van der Waals surface area contributed by atoms with Gasteiger partial charge in [0.15, 0.2) is 11.6 Å². The maximum absolute atomic E-state index is 14.1. The molecule has 1 spiro atoms. The Labute approximate surface area is 114 Å². The van der Waals surface area contributed by atoms with Crippen molar-refractivity contribution in [1.29, 1.82) is 0 Å². The van der Waals surface area contributed by atoms with E-state index in [-0.39, 0.29) is 18.7 Å². The molecule has 3 rings (SSSR count). The summed E-state index contributed by atoms with van der Waals surface area (Å²) < 4.78 is 18.7. The van der Waals surface area contributed by atoms with E-state index in [4.69, 9.17) is 0 Å². The third-order valence-corrected chi connectivity index (χ3v) is 4.06. The Bertz CT molecular complexity index is 609. The van der Waals surface area contributed by atoms with Crippen LogP contribution < -0.4 is 0 Å². The topological polar surface area (TPSA) is 66.8 Å². The fourth-order valence-electron chi connectivity index (χ4n) is 2.86. The molecular weight excluding hydrogens is 265 g/mol. The minimum absolute atomic E-state index is 0.140. The van der Waals surface area contributed by atoms with Crippen LogP contribution in [-0.2, 0) is 14.9 Å². The zero-order valence-electron chi connectivity index (χ0n) is 11.0. The molecule has 0 saturated heterocycles.